The van der Waals surface area contributed by atoms with Gasteiger partial charge in [-0.25, -0.2) is 4.98 Å². The Morgan fingerprint density at radius 1 is 1.48 bits per heavy atom. The van der Waals surface area contributed by atoms with Crippen molar-refractivity contribution in [2.45, 2.75) is 35.9 Å². The number of carbonyl (C=O) groups is 1. The molecular formula is C17H19N3O3S2. The van der Waals surface area contributed by atoms with Crippen LogP contribution in [0.25, 0.3) is 0 Å². The maximum atomic E-state index is 12.7. The smallest absolute Gasteiger partial charge is 0.284 e. The summed E-state index contributed by atoms with van der Waals surface area (Å²) in [6.45, 7) is 5.43. The number of hydrogen-bond donors (Lipinski definition) is 0. The summed E-state index contributed by atoms with van der Waals surface area (Å²) in [4.78, 5) is 30.3. The number of hydrogen-bond acceptors (Lipinski definition) is 6. The van der Waals surface area contributed by atoms with Crippen molar-refractivity contribution in [3.63, 3.8) is 0 Å². The van der Waals surface area contributed by atoms with Crippen molar-refractivity contribution in [1.29, 1.82) is 0 Å². The number of aryl methyl sites for hydroxylation is 1. The Kier molecular flexibility index (Phi) is 5.39. The summed E-state index contributed by atoms with van der Waals surface area (Å²) >= 11 is 2.71. The second kappa shape index (κ2) is 7.53. The molecule has 0 radical (unpaired) electrons. The van der Waals surface area contributed by atoms with Crippen LogP contribution in [0.5, 0.6) is 0 Å². The molecule has 132 valence electrons. The fourth-order valence-corrected chi connectivity index (χ4v) is 4.79. The molecule has 0 N–H and O–H groups in total. The largest absolute Gasteiger partial charge is 0.338 e. The molecular weight excluding hydrogens is 358 g/mol. The van der Waals surface area contributed by atoms with Crippen LogP contribution in [0.2, 0.25) is 0 Å². The van der Waals surface area contributed by atoms with Crippen molar-refractivity contribution < 1.29 is 9.72 Å². The molecule has 2 heterocycles. The molecule has 0 spiro atoms. The number of likely N-dealkylation sites (tertiary alicyclic amines) is 1. The van der Waals surface area contributed by atoms with Gasteiger partial charge in [0.2, 0.25) is 0 Å². The van der Waals surface area contributed by atoms with Gasteiger partial charge in [-0.3, -0.25) is 14.9 Å². The maximum absolute atomic E-state index is 12.7. The number of piperidine rings is 1. The molecule has 1 saturated heterocycles. The van der Waals surface area contributed by atoms with E-state index in [0.717, 1.165) is 22.9 Å². The van der Waals surface area contributed by atoms with Gasteiger partial charge in [0.25, 0.3) is 11.6 Å². The molecule has 0 bridgehead atoms. The summed E-state index contributed by atoms with van der Waals surface area (Å²) in [6.07, 6.45) is 2.10. The number of benzene rings is 1. The van der Waals surface area contributed by atoms with Crippen LogP contribution in [-0.4, -0.2) is 33.8 Å². The van der Waals surface area contributed by atoms with Gasteiger partial charge in [0.1, 0.15) is 0 Å². The molecule has 2 aromatic rings. The first kappa shape index (κ1) is 17.9. The lowest BCUT2D eigenvalue weighted by atomic mass is 9.99. The van der Waals surface area contributed by atoms with Crippen LogP contribution in [-0.2, 0) is 0 Å². The molecule has 3 rings (SSSR count). The van der Waals surface area contributed by atoms with Gasteiger partial charge in [0.15, 0.2) is 4.34 Å². The Hall–Kier alpha value is -1.93. The third-order valence-corrected chi connectivity index (χ3v) is 6.26. The fourth-order valence-electron chi connectivity index (χ4n) is 2.91. The minimum Gasteiger partial charge on any atom is -0.338 e. The summed E-state index contributed by atoms with van der Waals surface area (Å²) in [5, 5.41) is 13.4. The van der Waals surface area contributed by atoms with Crippen LogP contribution >= 0.6 is 23.1 Å². The van der Waals surface area contributed by atoms with Crippen molar-refractivity contribution in [2.24, 2.45) is 5.92 Å². The minimum absolute atomic E-state index is 0.0474. The van der Waals surface area contributed by atoms with E-state index in [1.807, 2.05) is 12.3 Å². The van der Waals surface area contributed by atoms with Gasteiger partial charge >= 0.3 is 0 Å². The van der Waals surface area contributed by atoms with Gasteiger partial charge in [-0.2, -0.15) is 0 Å². The second-order valence-corrected chi connectivity index (χ2v) is 8.44. The zero-order chi connectivity index (χ0) is 18.0. The van der Waals surface area contributed by atoms with E-state index in [1.165, 1.54) is 29.2 Å². The molecule has 0 aliphatic carbocycles. The second-order valence-electron chi connectivity index (χ2n) is 6.30. The van der Waals surface area contributed by atoms with E-state index in [2.05, 4.69) is 11.9 Å². The van der Waals surface area contributed by atoms with E-state index >= 15 is 0 Å². The third kappa shape index (κ3) is 4.19. The first-order chi connectivity index (χ1) is 11.9. The van der Waals surface area contributed by atoms with E-state index in [-0.39, 0.29) is 11.6 Å². The lowest BCUT2D eigenvalue weighted by Gasteiger charge is -2.31. The number of rotatable bonds is 4. The molecule has 1 atom stereocenters. The number of amides is 1. The third-order valence-electron chi connectivity index (χ3n) is 4.14. The number of nitro benzene ring substituents is 1. The maximum Gasteiger partial charge on any atom is 0.284 e. The van der Waals surface area contributed by atoms with Crippen molar-refractivity contribution >= 4 is 34.7 Å². The zero-order valence-corrected chi connectivity index (χ0v) is 15.7. The zero-order valence-electron chi connectivity index (χ0n) is 14.1. The van der Waals surface area contributed by atoms with Crippen molar-refractivity contribution in [2.75, 3.05) is 13.1 Å². The van der Waals surface area contributed by atoms with Crippen molar-refractivity contribution in [3.05, 3.63) is 45.0 Å². The molecule has 1 aliphatic heterocycles. The quantitative estimate of drug-likeness (QED) is 0.584. The van der Waals surface area contributed by atoms with Gasteiger partial charge in [0, 0.05) is 35.8 Å². The predicted molar refractivity (Wildman–Crippen MR) is 98.4 cm³/mol. The molecule has 25 heavy (non-hydrogen) atoms. The van der Waals surface area contributed by atoms with Gasteiger partial charge in [-0.1, -0.05) is 18.7 Å². The molecule has 6 nitrogen and oxygen atoms in total. The first-order valence-electron chi connectivity index (χ1n) is 8.11. The highest BCUT2D eigenvalue weighted by atomic mass is 32.2. The molecule has 1 aliphatic rings. The van der Waals surface area contributed by atoms with Crippen LogP contribution in [0, 0.1) is 23.0 Å². The summed E-state index contributed by atoms with van der Waals surface area (Å²) in [6, 6.07) is 4.72. The van der Waals surface area contributed by atoms with Gasteiger partial charge in [-0.15, -0.1) is 11.3 Å². The summed E-state index contributed by atoms with van der Waals surface area (Å²) in [5.41, 5.74) is 1.22. The number of nitro groups is 1. The highest BCUT2D eigenvalue weighted by Crippen LogP contribution is 2.37. The molecule has 0 saturated carbocycles. The normalized spacial score (nSPS) is 17.5. The summed E-state index contributed by atoms with van der Waals surface area (Å²) in [7, 11) is 0. The van der Waals surface area contributed by atoms with Crippen molar-refractivity contribution in [3.8, 4) is 0 Å². The Bertz CT molecular complexity index is 806. The lowest BCUT2D eigenvalue weighted by molar-refractivity contribution is -0.387. The van der Waals surface area contributed by atoms with E-state index in [9.17, 15) is 14.9 Å². The molecule has 1 fully saturated rings. The highest BCUT2D eigenvalue weighted by molar-refractivity contribution is 8.01. The Morgan fingerprint density at radius 2 is 2.28 bits per heavy atom. The fraction of sp³-hybridized carbons (Fsp3) is 0.412. The standard InChI is InChI=1S/C17H19N3O3S2/c1-11-4-3-7-19(9-11)16(21)13-5-6-15(14(8-13)20(22)23)25-17-18-12(2)10-24-17/h5-6,8,10-11H,3-4,7,9H2,1-2H3. The molecule has 1 amide bonds. The molecule has 1 aromatic carbocycles. The van der Waals surface area contributed by atoms with Gasteiger partial charge in [-0.05, 0) is 37.8 Å². The Balaban J connectivity index is 1.85. The lowest BCUT2D eigenvalue weighted by Crippen LogP contribution is -2.39. The number of aromatic nitrogens is 1. The summed E-state index contributed by atoms with van der Waals surface area (Å²) in [5.74, 6) is 0.340. The number of thiazole rings is 1. The Morgan fingerprint density at radius 3 is 2.92 bits per heavy atom. The highest BCUT2D eigenvalue weighted by Gasteiger charge is 2.25. The number of carbonyl (C=O) groups excluding carboxylic acids is 1. The van der Waals surface area contributed by atoms with Crippen LogP contribution in [0.3, 0.4) is 0 Å². The van der Waals surface area contributed by atoms with Gasteiger partial charge < -0.3 is 4.90 Å². The minimum atomic E-state index is -0.432. The van der Waals surface area contributed by atoms with Crippen molar-refractivity contribution in [1.82, 2.24) is 9.88 Å². The monoisotopic (exact) mass is 377 g/mol. The predicted octanol–water partition coefficient (Wildman–Crippen LogP) is 4.38. The topological polar surface area (TPSA) is 76.3 Å². The molecule has 1 unspecified atom stereocenters. The van der Waals surface area contributed by atoms with E-state index in [1.54, 1.807) is 17.0 Å². The van der Waals surface area contributed by atoms with Gasteiger partial charge in [0.05, 0.1) is 9.82 Å². The SMILES string of the molecule is Cc1csc(Sc2ccc(C(=O)N3CCCC(C)C3)cc2[N+](=O)[O-])n1. The average Bonchev–Trinajstić information content (AvgIpc) is 2.99. The van der Waals surface area contributed by atoms with Crippen LogP contribution < -0.4 is 0 Å². The number of nitrogens with zero attached hydrogens (tertiary/aromatic N) is 3. The average molecular weight is 377 g/mol. The van der Waals surface area contributed by atoms with E-state index in [0.29, 0.717) is 29.5 Å². The molecule has 1 aromatic heterocycles. The van der Waals surface area contributed by atoms with Crippen LogP contribution in [0.15, 0.2) is 32.8 Å². The Labute approximate surface area is 154 Å². The first-order valence-corrected chi connectivity index (χ1v) is 9.81. The van der Waals surface area contributed by atoms with Crippen LogP contribution in [0.4, 0.5) is 5.69 Å². The van der Waals surface area contributed by atoms with E-state index in [4.69, 9.17) is 0 Å². The van der Waals surface area contributed by atoms with Crippen LogP contribution in [0.1, 0.15) is 35.8 Å². The summed E-state index contributed by atoms with van der Waals surface area (Å²) < 4.78 is 0.754. The van der Waals surface area contributed by atoms with E-state index < -0.39 is 4.92 Å². The molecule has 8 heteroatoms.